The fourth-order valence-electron chi connectivity index (χ4n) is 2.72. The molecule has 3 rings (SSSR count). The summed E-state index contributed by atoms with van der Waals surface area (Å²) in [6.45, 7) is 2.89. The zero-order chi connectivity index (χ0) is 19.0. The maximum absolute atomic E-state index is 13.8. The lowest BCUT2D eigenvalue weighted by Gasteiger charge is -2.08. The molecule has 26 heavy (non-hydrogen) atoms. The monoisotopic (exact) mass is 426 g/mol. The Labute approximate surface area is 155 Å². The predicted octanol–water partition coefficient (Wildman–Crippen LogP) is 4.53. The summed E-state index contributed by atoms with van der Waals surface area (Å²) in [6.07, 6.45) is -2.68. The summed E-state index contributed by atoms with van der Waals surface area (Å²) in [5, 5.41) is 6.82. The molecule has 0 saturated heterocycles. The average Bonchev–Trinajstić information content (AvgIpc) is 2.85. The SMILES string of the molecule is Cc1cc(C(F)F)c2c(C)nn(CC(=O)Nc3ccc(Br)cc3F)c2n1. The summed E-state index contributed by atoms with van der Waals surface area (Å²) >= 11 is 3.13. The Hall–Kier alpha value is -2.42. The van der Waals surface area contributed by atoms with Gasteiger partial charge in [-0.1, -0.05) is 15.9 Å². The van der Waals surface area contributed by atoms with Crippen LogP contribution in [0.25, 0.3) is 11.0 Å². The number of aromatic nitrogens is 3. The van der Waals surface area contributed by atoms with Gasteiger partial charge in [0.15, 0.2) is 5.65 Å². The van der Waals surface area contributed by atoms with Crippen LogP contribution in [0.1, 0.15) is 23.4 Å². The molecule has 2 aromatic heterocycles. The highest BCUT2D eigenvalue weighted by molar-refractivity contribution is 9.10. The zero-order valence-corrected chi connectivity index (χ0v) is 15.4. The summed E-state index contributed by atoms with van der Waals surface area (Å²) < 4.78 is 42.2. The van der Waals surface area contributed by atoms with Gasteiger partial charge in [-0.05, 0) is 38.1 Å². The second-order valence-corrected chi connectivity index (χ2v) is 6.68. The molecule has 0 aliphatic carbocycles. The minimum absolute atomic E-state index is 0.0174. The van der Waals surface area contributed by atoms with Crippen molar-refractivity contribution in [3.8, 4) is 0 Å². The van der Waals surface area contributed by atoms with Gasteiger partial charge in [0.25, 0.3) is 6.43 Å². The Bertz CT molecular complexity index is 1000. The summed E-state index contributed by atoms with van der Waals surface area (Å²) in [6, 6.07) is 5.54. The summed E-state index contributed by atoms with van der Waals surface area (Å²) in [7, 11) is 0. The van der Waals surface area contributed by atoms with Crippen LogP contribution in [-0.4, -0.2) is 20.7 Å². The summed E-state index contributed by atoms with van der Waals surface area (Å²) in [4.78, 5) is 16.5. The van der Waals surface area contributed by atoms with E-state index < -0.39 is 18.1 Å². The molecule has 3 aromatic rings. The van der Waals surface area contributed by atoms with E-state index in [1.807, 2.05) is 0 Å². The first-order valence-electron chi connectivity index (χ1n) is 7.64. The third-order valence-corrected chi connectivity index (χ3v) is 4.26. The van der Waals surface area contributed by atoms with Gasteiger partial charge in [0.05, 0.1) is 16.8 Å². The number of nitrogens with one attached hydrogen (secondary N) is 1. The van der Waals surface area contributed by atoms with E-state index >= 15 is 0 Å². The van der Waals surface area contributed by atoms with Crippen molar-refractivity contribution in [2.24, 2.45) is 0 Å². The molecule has 2 heterocycles. The van der Waals surface area contributed by atoms with Crippen molar-refractivity contribution in [2.75, 3.05) is 5.32 Å². The van der Waals surface area contributed by atoms with Gasteiger partial charge in [-0.15, -0.1) is 0 Å². The quantitative estimate of drug-likeness (QED) is 0.666. The third-order valence-electron chi connectivity index (χ3n) is 3.77. The summed E-state index contributed by atoms with van der Waals surface area (Å²) in [5.41, 5.74) is 0.794. The fraction of sp³-hybridized carbons (Fsp3) is 0.235. The first-order valence-corrected chi connectivity index (χ1v) is 8.43. The number of halogens is 4. The highest BCUT2D eigenvalue weighted by Crippen LogP contribution is 2.30. The van der Waals surface area contributed by atoms with E-state index in [1.54, 1.807) is 19.9 Å². The Morgan fingerprint density at radius 1 is 1.31 bits per heavy atom. The molecule has 0 aliphatic heterocycles. The maximum Gasteiger partial charge on any atom is 0.264 e. The van der Waals surface area contributed by atoms with Crippen molar-refractivity contribution in [1.29, 1.82) is 0 Å². The number of hydrogen-bond donors (Lipinski definition) is 1. The van der Waals surface area contributed by atoms with Crippen LogP contribution < -0.4 is 5.32 Å². The van der Waals surface area contributed by atoms with Crippen molar-refractivity contribution in [3.63, 3.8) is 0 Å². The van der Waals surface area contributed by atoms with Gasteiger partial charge in [-0.25, -0.2) is 22.8 Å². The minimum Gasteiger partial charge on any atom is -0.322 e. The Kier molecular flexibility index (Phi) is 4.99. The number of aryl methyl sites for hydroxylation is 2. The van der Waals surface area contributed by atoms with Gasteiger partial charge < -0.3 is 5.32 Å². The molecular formula is C17H14BrF3N4O. The lowest BCUT2D eigenvalue weighted by molar-refractivity contribution is -0.116. The van der Waals surface area contributed by atoms with Gasteiger partial charge in [0.1, 0.15) is 12.4 Å². The summed E-state index contributed by atoms with van der Waals surface area (Å²) in [5.74, 6) is -1.14. The fourth-order valence-corrected chi connectivity index (χ4v) is 3.05. The smallest absolute Gasteiger partial charge is 0.264 e. The number of carbonyl (C=O) groups is 1. The van der Waals surface area contributed by atoms with E-state index in [2.05, 4.69) is 31.3 Å². The van der Waals surface area contributed by atoms with Crippen molar-refractivity contribution in [2.45, 2.75) is 26.8 Å². The predicted molar refractivity (Wildman–Crippen MR) is 94.7 cm³/mol. The molecule has 136 valence electrons. The van der Waals surface area contributed by atoms with Crippen molar-refractivity contribution >= 4 is 38.6 Å². The first kappa shape index (κ1) is 18.4. The van der Waals surface area contributed by atoms with Crippen LogP contribution in [0.4, 0.5) is 18.9 Å². The normalized spacial score (nSPS) is 11.3. The topological polar surface area (TPSA) is 59.8 Å². The van der Waals surface area contributed by atoms with Crippen LogP contribution in [0.5, 0.6) is 0 Å². The number of anilines is 1. The highest BCUT2D eigenvalue weighted by atomic mass is 79.9. The number of pyridine rings is 1. The van der Waals surface area contributed by atoms with Crippen LogP contribution in [-0.2, 0) is 11.3 Å². The number of benzene rings is 1. The molecule has 0 atom stereocenters. The Morgan fingerprint density at radius 3 is 2.69 bits per heavy atom. The highest BCUT2D eigenvalue weighted by Gasteiger charge is 2.20. The molecule has 0 bridgehead atoms. The molecule has 1 amide bonds. The van der Waals surface area contributed by atoms with Crippen LogP contribution >= 0.6 is 15.9 Å². The lowest BCUT2D eigenvalue weighted by Crippen LogP contribution is -2.20. The molecule has 0 spiro atoms. The molecule has 5 nitrogen and oxygen atoms in total. The molecule has 0 radical (unpaired) electrons. The molecule has 1 N–H and O–H groups in total. The van der Waals surface area contributed by atoms with Crippen molar-refractivity contribution < 1.29 is 18.0 Å². The number of hydrogen-bond acceptors (Lipinski definition) is 3. The molecule has 9 heteroatoms. The number of alkyl halides is 2. The van der Waals surface area contributed by atoms with Crippen molar-refractivity contribution in [3.05, 3.63) is 51.5 Å². The van der Waals surface area contributed by atoms with Crippen LogP contribution in [0.2, 0.25) is 0 Å². The number of fused-ring (bicyclic) bond motifs is 1. The van der Waals surface area contributed by atoms with Crippen LogP contribution in [0.3, 0.4) is 0 Å². The Morgan fingerprint density at radius 2 is 2.04 bits per heavy atom. The largest absolute Gasteiger partial charge is 0.322 e. The number of carbonyl (C=O) groups excluding carboxylic acids is 1. The minimum atomic E-state index is -2.68. The molecule has 0 saturated carbocycles. The van der Waals surface area contributed by atoms with Gasteiger partial charge in [0.2, 0.25) is 5.91 Å². The lowest BCUT2D eigenvalue weighted by atomic mass is 10.1. The number of amides is 1. The van der Waals surface area contributed by atoms with E-state index in [0.717, 1.165) is 0 Å². The van der Waals surface area contributed by atoms with Gasteiger partial charge in [-0.3, -0.25) is 4.79 Å². The molecule has 0 unspecified atom stereocenters. The van der Waals surface area contributed by atoms with Gasteiger partial charge in [-0.2, -0.15) is 5.10 Å². The second-order valence-electron chi connectivity index (χ2n) is 5.77. The molecule has 1 aromatic carbocycles. The van der Waals surface area contributed by atoms with Gasteiger partial charge >= 0.3 is 0 Å². The van der Waals surface area contributed by atoms with E-state index in [9.17, 15) is 18.0 Å². The molecule has 0 aliphatic rings. The molecule has 0 fully saturated rings. The van der Waals surface area contributed by atoms with Crippen LogP contribution in [0.15, 0.2) is 28.7 Å². The second kappa shape index (κ2) is 7.06. The number of nitrogens with zero attached hydrogens (tertiary/aromatic N) is 3. The van der Waals surface area contributed by atoms with E-state index in [-0.39, 0.29) is 28.8 Å². The standard InChI is InChI=1S/C17H14BrF3N4O/c1-8-5-11(16(20)21)15-9(2)24-25(17(15)22-8)7-14(26)23-13-4-3-10(18)6-12(13)19/h3-6,16H,7H2,1-2H3,(H,23,26). The average molecular weight is 427 g/mol. The number of rotatable bonds is 4. The van der Waals surface area contributed by atoms with E-state index in [0.29, 0.717) is 15.9 Å². The van der Waals surface area contributed by atoms with Gasteiger partial charge in [0, 0.05) is 15.7 Å². The van der Waals surface area contributed by atoms with Crippen LogP contribution in [0, 0.1) is 19.7 Å². The third kappa shape index (κ3) is 3.57. The molecular weight excluding hydrogens is 413 g/mol. The maximum atomic E-state index is 13.8. The first-order chi connectivity index (χ1) is 12.3. The van der Waals surface area contributed by atoms with Crippen molar-refractivity contribution in [1.82, 2.24) is 14.8 Å². The van der Waals surface area contributed by atoms with E-state index in [1.165, 1.54) is 22.9 Å². The van der Waals surface area contributed by atoms with E-state index in [4.69, 9.17) is 0 Å². The zero-order valence-electron chi connectivity index (χ0n) is 13.9. The Balaban J connectivity index is 1.92.